The van der Waals surface area contributed by atoms with Crippen LogP contribution in [0.1, 0.15) is 26.7 Å². The van der Waals surface area contributed by atoms with Gasteiger partial charge in [0.2, 0.25) is 11.8 Å². The van der Waals surface area contributed by atoms with Crippen LogP contribution in [0.4, 0.5) is 0 Å². The van der Waals surface area contributed by atoms with Gasteiger partial charge in [0.15, 0.2) is 0 Å². The van der Waals surface area contributed by atoms with Crippen molar-refractivity contribution >= 4 is 17.8 Å². The minimum absolute atomic E-state index is 0.0736. The van der Waals surface area contributed by atoms with E-state index in [2.05, 4.69) is 4.74 Å². The summed E-state index contributed by atoms with van der Waals surface area (Å²) in [6.45, 7) is 5.94. The molecule has 0 spiro atoms. The first-order valence-electron chi connectivity index (χ1n) is 7.69. The molecule has 22 heavy (non-hydrogen) atoms. The summed E-state index contributed by atoms with van der Waals surface area (Å²) in [5.41, 5.74) is 5.33. The number of nitrogens with two attached hydrogens (primary N) is 1. The summed E-state index contributed by atoms with van der Waals surface area (Å²) in [6.07, 6.45) is 1.51. The van der Waals surface area contributed by atoms with Crippen LogP contribution >= 0.6 is 0 Å². The largest absolute Gasteiger partial charge is 0.468 e. The van der Waals surface area contributed by atoms with E-state index in [-0.39, 0.29) is 36.8 Å². The van der Waals surface area contributed by atoms with Crippen LogP contribution in [0.25, 0.3) is 0 Å². The minimum atomic E-state index is -0.359. The van der Waals surface area contributed by atoms with Gasteiger partial charge in [-0.1, -0.05) is 13.8 Å². The molecular formula is C15H27N3O4. The molecule has 1 saturated heterocycles. The van der Waals surface area contributed by atoms with Crippen LogP contribution in [0, 0.1) is 11.8 Å². The maximum atomic E-state index is 12.4. The molecule has 2 N–H and O–H groups in total. The molecule has 1 aliphatic rings. The predicted octanol–water partition coefficient (Wildman–Crippen LogP) is -0.159. The van der Waals surface area contributed by atoms with E-state index in [9.17, 15) is 14.4 Å². The molecule has 1 unspecified atom stereocenters. The number of methoxy groups -OCH3 is 1. The van der Waals surface area contributed by atoms with E-state index in [4.69, 9.17) is 5.73 Å². The molecule has 2 amide bonds. The molecule has 0 aromatic rings. The number of ether oxygens (including phenoxy) is 1. The average molecular weight is 313 g/mol. The van der Waals surface area contributed by atoms with Gasteiger partial charge in [-0.3, -0.25) is 19.3 Å². The molecule has 0 aromatic heterocycles. The Hall–Kier alpha value is -1.63. The van der Waals surface area contributed by atoms with E-state index in [1.807, 2.05) is 13.8 Å². The first-order chi connectivity index (χ1) is 10.3. The van der Waals surface area contributed by atoms with Crippen molar-refractivity contribution in [3.8, 4) is 0 Å². The lowest BCUT2D eigenvalue weighted by molar-refractivity contribution is -0.143. The molecule has 0 aromatic carbocycles. The third-order valence-electron chi connectivity index (χ3n) is 3.74. The Morgan fingerprint density at radius 3 is 2.55 bits per heavy atom. The number of carbonyl (C=O) groups is 3. The van der Waals surface area contributed by atoms with Crippen LogP contribution in [-0.4, -0.2) is 67.4 Å². The zero-order valence-corrected chi connectivity index (χ0v) is 13.7. The number of carbonyl (C=O) groups excluding carboxylic acids is 3. The van der Waals surface area contributed by atoms with Gasteiger partial charge in [0, 0.05) is 19.6 Å². The van der Waals surface area contributed by atoms with Crippen molar-refractivity contribution < 1.29 is 19.1 Å². The van der Waals surface area contributed by atoms with Crippen molar-refractivity contribution in [3.63, 3.8) is 0 Å². The Bertz CT molecular complexity index is 412. The van der Waals surface area contributed by atoms with E-state index in [0.717, 1.165) is 12.8 Å². The van der Waals surface area contributed by atoms with Crippen molar-refractivity contribution in [2.75, 3.05) is 39.8 Å². The van der Waals surface area contributed by atoms with E-state index >= 15 is 0 Å². The summed E-state index contributed by atoms with van der Waals surface area (Å²) < 4.78 is 4.67. The first kappa shape index (κ1) is 18.4. The fourth-order valence-corrected chi connectivity index (χ4v) is 2.68. The molecule has 7 nitrogen and oxygen atoms in total. The lowest BCUT2D eigenvalue weighted by atomic mass is 9.97. The molecular weight excluding hydrogens is 286 g/mol. The number of hydrogen-bond acceptors (Lipinski definition) is 5. The van der Waals surface area contributed by atoms with E-state index in [1.165, 1.54) is 7.11 Å². The number of hydrogen-bond donors (Lipinski definition) is 1. The molecule has 126 valence electrons. The predicted molar refractivity (Wildman–Crippen MR) is 81.8 cm³/mol. The van der Waals surface area contributed by atoms with Gasteiger partial charge in [0.05, 0.1) is 26.1 Å². The molecule has 1 fully saturated rings. The highest BCUT2D eigenvalue weighted by molar-refractivity contribution is 5.81. The molecule has 1 rings (SSSR count). The standard InChI is InChI=1S/C15H27N3O4/c1-11(2)7-17(10-14(20)22-3)9-13(19)18-6-4-5-12(8-18)15(16)21/h11-12H,4-10H2,1-3H3,(H2,16,21). The quantitative estimate of drug-likeness (QED) is 0.659. The van der Waals surface area contributed by atoms with Crippen LogP contribution in [0.3, 0.4) is 0 Å². The lowest BCUT2D eigenvalue weighted by Gasteiger charge is -2.33. The Morgan fingerprint density at radius 1 is 1.32 bits per heavy atom. The number of rotatable bonds is 7. The fourth-order valence-electron chi connectivity index (χ4n) is 2.68. The first-order valence-corrected chi connectivity index (χ1v) is 7.69. The molecule has 1 atom stereocenters. The number of likely N-dealkylation sites (tertiary alicyclic amines) is 1. The van der Waals surface area contributed by atoms with Gasteiger partial charge in [-0.2, -0.15) is 0 Å². The summed E-state index contributed by atoms with van der Waals surface area (Å²) in [5, 5.41) is 0. The molecule has 1 heterocycles. The Balaban J connectivity index is 2.61. The van der Waals surface area contributed by atoms with E-state index < -0.39 is 0 Å². The maximum absolute atomic E-state index is 12.4. The van der Waals surface area contributed by atoms with Crippen LogP contribution in [-0.2, 0) is 19.1 Å². The number of primary amides is 1. The molecule has 0 aliphatic carbocycles. The normalized spacial score (nSPS) is 18.6. The summed E-state index contributed by atoms with van der Waals surface area (Å²) in [7, 11) is 1.33. The lowest BCUT2D eigenvalue weighted by Crippen LogP contribution is -2.48. The van der Waals surface area contributed by atoms with Crippen molar-refractivity contribution in [3.05, 3.63) is 0 Å². The Kier molecular flexibility index (Phi) is 7.31. The van der Waals surface area contributed by atoms with Crippen molar-refractivity contribution in [1.82, 2.24) is 9.80 Å². The molecule has 0 saturated carbocycles. The summed E-state index contributed by atoms with van der Waals surface area (Å²) >= 11 is 0. The SMILES string of the molecule is COC(=O)CN(CC(=O)N1CCCC(C(N)=O)C1)CC(C)C. The number of nitrogens with zero attached hydrogens (tertiary/aromatic N) is 2. The van der Waals surface area contributed by atoms with Gasteiger partial charge in [0.1, 0.15) is 0 Å². The third-order valence-corrected chi connectivity index (χ3v) is 3.74. The molecule has 7 heteroatoms. The topological polar surface area (TPSA) is 92.9 Å². The zero-order valence-electron chi connectivity index (χ0n) is 13.7. The summed E-state index contributed by atoms with van der Waals surface area (Å²) in [4.78, 5) is 38.6. The van der Waals surface area contributed by atoms with Crippen molar-refractivity contribution in [1.29, 1.82) is 0 Å². The van der Waals surface area contributed by atoms with E-state index in [1.54, 1.807) is 9.80 Å². The van der Waals surface area contributed by atoms with Gasteiger partial charge in [-0.05, 0) is 18.8 Å². The van der Waals surface area contributed by atoms with Gasteiger partial charge in [-0.15, -0.1) is 0 Å². The molecule has 0 radical (unpaired) electrons. The van der Waals surface area contributed by atoms with Crippen molar-refractivity contribution in [2.45, 2.75) is 26.7 Å². The van der Waals surface area contributed by atoms with Gasteiger partial charge in [0.25, 0.3) is 0 Å². The third kappa shape index (κ3) is 6.01. The van der Waals surface area contributed by atoms with Crippen molar-refractivity contribution in [2.24, 2.45) is 17.6 Å². The minimum Gasteiger partial charge on any atom is -0.468 e. The Morgan fingerprint density at radius 2 is 2.00 bits per heavy atom. The average Bonchev–Trinajstić information content (AvgIpc) is 2.46. The van der Waals surface area contributed by atoms with Crippen LogP contribution in [0.5, 0.6) is 0 Å². The second-order valence-electron chi connectivity index (χ2n) is 6.22. The summed E-state index contributed by atoms with van der Waals surface area (Å²) in [5.74, 6) is -0.724. The van der Waals surface area contributed by atoms with Gasteiger partial charge in [-0.25, -0.2) is 0 Å². The summed E-state index contributed by atoms with van der Waals surface area (Å²) in [6, 6.07) is 0. The highest BCUT2D eigenvalue weighted by Crippen LogP contribution is 2.16. The van der Waals surface area contributed by atoms with Crippen LogP contribution in [0.2, 0.25) is 0 Å². The second-order valence-corrected chi connectivity index (χ2v) is 6.22. The monoisotopic (exact) mass is 313 g/mol. The number of piperidine rings is 1. The second kappa shape index (κ2) is 8.73. The van der Waals surface area contributed by atoms with Gasteiger partial charge >= 0.3 is 5.97 Å². The highest BCUT2D eigenvalue weighted by Gasteiger charge is 2.28. The van der Waals surface area contributed by atoms with Gasteiger partial charge < -0.3 is 15.4 Å². The molecule has 0 bridgehead atoms. The number of esters is 1. The van der Waals surface area contributed by atoms with Crippen LogP contribution in [0.15, 0.2) is 0 Å². The zero-order chi connectivity index (χ0) is 16.7. The number of amides is 2. The van der Waals surface area contributed by atoms with E-state index in [0.29, 0.717) is 25.6 Å². The van der Waals surface area contributed by atoms with Crippen LogP contribution < -0.4 is 5.73 Å². The Labute approximate surface area is 131 Å². The highest BCUT2D eigenvalue weighted by atomic mass is 16.5. The maximum Gasteiger partial charge on any atom is 0.319 e. The smallest absolute Gasteiger partial charge is 0.319 e. The fraction of sp³-hybridized carbons (Fsp3) is 0.800. The molecule has 1 aliphatic heterocycles.